The van der Waals surface area contributed by atoms with E-state index in [0.29, 0.717) is 19.0 Å². The second-order valence-electron chi connectivity index (χ2n) is 5.51. The molecule has 0 radical (unpaired) electrons. The molecule has 1 saturated heterocycles. The van der Waals surface area contributed by atoms with Gasteiger partial charge in [0, 0.05) is 43.9 Å². The van der Waals surface area contributed by atoms with E-state index in [1.807, 2.05) is 24.3 Å². The summed E-state index contributed by atoms with van der Waals surface area (Å²) in [6.07, 6.45) is 4.75. The zero-order valence-electron chi connectivity index (χ0n) is 13.5. The monoisotopic (exact) mass is 328 g/mol. The Morgan fingerprint density at radius 3 is 2.58 bits per heavy atom. The molecule has 1 aromatic heterocycles. The highest BCUT2D eigenvalue weighted by molar-refractivity contribution is 5.89. The minimum Gasteiger partial charge on any atom is -0.497 e. The number of carbonyl (C=O) groups excluding carboxylic acids is 1. The highest BCUT2D eigenvalue weighted by Crippen LogP contribution is 2.19. The maximum absolute atomic E-state index is 12.3. The lowest BCUT2D eigenvalue weighted by atomic mass is 10.1. The van der Waals surface area contributed by atoms with Crippen molar-refractivity contribution in [1.29, 1.82) is 0 Å². The van der Waals surface area contributed by atoms with E-state index < -0.39 is 0 Å². The van der Waals surface area contributed by atoms with Gasteiger partial charge in [-0.25, -0.2) is 14.8 Å². The van der Waals surface area contributed by atoms with E-state index in [4.69, 9.17) is 9.47 Å². The number of nitrogens with one attached hydrogen (secondary N) is 1. The number of hydrogen-bond acceptors (Lipinski definition) is 5. The predicted octanol–water partition coefficient (Wildman–Crippen LogP) is 2.56. The first-order valence-corrected chi connectivity index (χ1v) is 7.87. The van der Waals surface area contributed by atoms with E-state index in [-0.39, 0.29) is 12.1 Å². The maximum atomic E-state index is 12.3. The second-order valence-corrected chi connectivity index (χ2v) is 5.51. The summed E-state index contributed by atoms with van der Waals surface area (Å²) in [5.74, 6) is 1.34. The summed E-state index contributed by atoms with van der Waals surface area (Å²) < 4.78 is 10.9. The fourth-order valence-electron chi connectivity index (χ4n) is 2.57. The zero-order valence-corrected chi connectivity index (χ0v) is 13.5. The van der Waals surface area contributed by atoms with Crippen LogP contribution in [0.5, 0.6) is 11.6 Å². The summed E-state index contributed by atoms with van der Waals surface area (Å²) in [6, 6.07) is 8.92. The Labute approximate surface area is 140 Å². The number of benzene rings is 1. The molecule has 1 fully saturated rings. The molecule has 0 atom stereocenters. The van der Waals surface area contributed by atoms with Gasteiger partial charge in [-0.1, -0.05) is 0 Å². The second kappa shape index (κ2) is 7.63. The molecule has 24 heavy (non-hydrogen) atoms. The van der Waals surface area contributed by atoms with E-state index in [0.717, 1.165) is 24.3 Å². The molecule has 126 valence electrons. The molecule has 7 heteroatoms. The van der Waals surface area contributed by atoms with Crippen LogP contribution < -0.4 is 14.8 Å². The first-order valence-electron chi connectivity index (χ1n) is 7.87. The van der Waals surface area contributed by atoms with Gasteiger partial charge in [-0.05, 0) is 24.3 Å². The number of amides is 2. The normalized spacial score (nSPS) is 15.0. The lowest BCUT2D eigenvalue weighted by Crippen LogP contribution is -2.43. The van der Waals surface area contributed by atoms with Crippen LogP contribution in [0.3, 0.4) is 0 Å². The molecule has 0 spiro atoms. The number of anilines is 1. The Morgan fingerprint density at radius 2 is 1.96 bits per heavy atom. The highest BCUT2D eigenvalue weighted by Gasteiger charge is 2.24. The molecule has 1 aliphatic heterocycles. The van der Waals surface area contributed by atoms with Crippen LogP contribution in [0.15, 0.2) is 42.9 Å². The molecule has 3 rings (SSSR count). The summed E-state index contributed by atoms with van der Waals surface area (Å²) in [4.78, 5) is 22.0. The van der Waals surface area contributed by atoms with Crippen LogP contribution in [0.4, 0.5) is 10.5 Å². The van der Waals surface area contributed by atoms with Crippen molar-refractivity contribution in [1.82, 2.24) is 14.9 Å². The molecule has 1 aliphatic rings. The fourth-order valence-corrected chi connectivity index (χ4v) is 2.57. The number of ether oxygens (including phenoxy) is 2. The van der Waals surface area contributed by atoms with Crippen molar-refractivity contribution < 1.29 is 14.3 Å². The quantitative estimate of drug-likeness (QED) is 0.933. The summed E-state index contributed by atoms with van der Waals surface area (Å²) >= 11 is 0. The van der Waals surface area contributed by atoms with E-state index in [1.54, 1.807) is 24.3 Å². The molecule has 1 aromatic carbocycles. The highest BCUT2D eigenvalue weighted by atomic mass is 16.5. The summed E-state index contributed by atoms with van der Waals surface area (Å²) in [5, 5.41) is 2.90. The van der Waals surface area contributed by atoms with Gasteiger partial charge < -0.3 is 19.7 Å². The smallest absolute Gasteiger partial charge is 0.321 e. The molecule has 0 bridgehead atoms. The van der Waals surface area contributed by atoms with Gasteiger partial charge in [-0.3, -0.25) is 0 Å². The molecule has 0 aliphatic carbocycles. The number of nitrogens with zero attached hydrogens (tertiary/aromatic N) is 3. The number of methoxy groups -OCH3 is 1. The Bertz CT molecular complexity index is 655. The van der Waals surface area contributed by atoms with E-state index in [9.17, 15) is 4.79 Å². The van der Waals surface area contributed by atoms with Crippen LogP contribution in [0.1, 0.15) is 12.8 Å². The van der Waals surface area contributed by atoms with E-state index >= 15 is 0 Å². The van der Waals surface area contributed by atoms with Gasteiger partial charge >= 0.3 is 6.03 Å². The molecule has 2 heterocycles. The van der Waals surface area contributed by atoms with Crippen molar-refractivity contribution in [2.45, 2.75) is 18.9 Å². The van der Waals surface area contributed by atoms with Crippen molar-refractivity contribution in [2.75, 3.05) is 25.5 Å². The first-order chi connectivity index (χ1) is 11.7. The number of likely N-dealkylation sites (tertiary alicyclic amines) is 1. The van der Waals surface area contributed by atoms with Crippen molar-refractivity contribution in [3.05, 3.63) is 42.9 Å². The van der Waals surface area contributed by atoms with Gasteiger partial charge in [0.05, 0.1) is 7.11 Å². The van der Waals surface area contributed by atoms with Crippen molar-refractivity contribution in [3.8, 4) is 11.6 Å². The lowest BCUT2D eigenvalue weighted by Gasteiger charge is -2.31. The number of rotatable bonds is 4. The largest absolute Gasteiger partial charge is 0.497 e. The molecule has 1 N–H and O–H groups in total. The van der Waals surface area contributed by atoms with E-state index in [2.05, 4.69) is 15.3 Å². The number of carbonyl (C=O) groups is 1. The molecule has 0 unspecified atom stereocenters. The molecule has 2 aromatic rings. The molecular weight excluding hydrogens is 308 g/mol. The van der Waals surface area contributed by atoms with Gasteiger partial charge in [0.1, 0.15) is 18.2 Å². The van der Waals surface area contributed by atoms with Gasteiger partial charge in [-0.15, -0.1) is 0 Å². The molecule has 2 amide bonds. The van der Waals surface area contributed by atoms with Crippen LogP contribution in [0.25, 0.3) is 0 Å². The Kier molecular flexibility index (Phi) is 5.10. The Morgan fingerprint density at radius 1 is 1.21 bits per heavy atom. The number of aromatic nitrogens is 2. The predicted molar refractivity (Wildman–Crippen MR) is 89.3 cm³/mol. The third-order valence-electron chi connectivity index (χ3n) is 3.91. The van der Waals surface area contributed by atoms with Gasteiger partial charge in [0.2, 0.25) is 5.88 Å². The lowest BCUT2D eigenvalue weighted by molar-refractivity contribution is 0.111. The third kappa shape index (κ3) is 4.13. The summed E-state index contributed by atoms with van der Waals surface area (Å²) in [6.45, 7) is 1.30. The van der Waals surface area contributed by atoms with Crippen LogP contribution in [0, 0.1) is 0 Å². The minimum absolute atomic E-state index is 0.0740. The summed E-state index contributed by atoms with van der Waals surface area (Å²) in [5.41, 5.74) is 0.750. The van der Waals surface area contributed by atoms with Gasteiger partial charge in [0.25, 0.3) is 0 Å². The van der Waals surface area contributed by atoms with Crippen LogP contribution in [-0.4, -0.2) is 47.2 Å². The Hall–Kier alpha value is -2.83. The van der Waals surface area contributed by atoms with E-state index in [1.165, 1.54) is 6.33 Å². The van der Waals surface area contributed by atoms with Crippen molar-refractivity contribution in [3.63, 3.8) is 0 Å². The van der Waals surface area contributed by atoms with Crippen LogP contribution >= 0.6 is 0 Å². The third-order valence-corrected chi connectivity index (χ3v) is 3.91. The summed E-state index contributed by atoms with van der Waals surface area (Å²) in [7, 11) is 1.61. The SMILES string of the molecule is COc1ccc(NC(=O)N2CCC(Oc3ccncn3)CC2)cc1. The van der Waals surface area contributed by atoms with Gasteiger partial charge in [-0.2, -0.15) is 0 Å². The topological polar surface area (TPSA) is 76.6 Å². The van der Waals surface area contributed by atoms with Crippen LogP contribution in [-0.2, 0) is 0 Å². The average molecular weight is 328 g/mol. The maximum Gasteiger partial charge on any atom is 0.321 e. The van der Waals surface area contributed by atoms with Crippen molar-refractivity contribution in [2.24, 2.45) is 0 Å². The Balaban J connectivity index is 1.47. The van der Waals surface area contributed by atoms with Crippen LogP contribution in [0.2, 0.25) is 0 Å². The van der Waals surface area contributed by atoms with Gasteiger partial charge in [0.15, 0.2) is 0 Å². The zero-order chi connectivity index (χ0) is 16.8. The molecule has 0 saturated carbocycles. The molecule has 7 nitrogen and oxygen atoms in total. The number of piperidine rings is 1. The van der Waals surface area contributed by atoms with Crippen molar-refractivity contribution >= 4 is 11.7 Å². The standard InChI is InChI=1S/C17H20N4O3/c1-23-14-4-2-13(3-5-14)20-17(22)21-10-7-15(8-11-21)24-16-6-9-18-12-19-16/h2-6,9,12,15H,7-8,10-11H2,1H3,(H,20,22). The fraction of sp³-hybridized carbons (Fsp3) is 0.353. The number of urea groups is 1. The molecular formula is C17H20N4O3. The first kappa shape index (κ1) is 16.0. The average Bonchev–Trinajstić information content (AvgIpc) is 2.64. The minimum atomic E-state index is -0.0966. The number of hydrogen-bond donors (Lipinski definition) is 1.